The molecule has 0 rings (SSSR count). The summed E-state index contributed by atoms with van der Waals surface area (Å²) in [6, 6.07) is -0.734. The first kappa shape index (κ1) is 64.5. The molecule has 0 bridgehead atoms. The van der Waals surface area contributed by atoms with Gasteiger partial charge in [0.2, 0.25) is 5.91 Å². The van der Waals surface area contributed by atoms with Crippen LogP contribution in [0.1, 0.15) is 245 Å². The number of carbonyl (C=O) groups is 2. The van der Waals surface area contributed by atoms with Gasteiger partial charge in [-0.25, -0.2) is 0 Å². The zero-order chi connectivity index (χ0) is 49.5. The highest BCUT2D eigenvalue weighted by Gasteiger charge is 2.24. The molecule has 1 amide bonds. The van der Waals surface area contributed by atoms with E-state index >= 15 is 0 Å². The van der Waals surface area contributed by atoms with Gasteiger partial charge in [0.25, 0.3) is 0 Å². The fourth-order valence-corrected chi connectivity index (χ4v) is 7.86. The van der Waals surface area contributed by atoms with Crippen molar-refractivity contribution >= 4 is 11.9 Å². The van der Waals surface area contributed by atoms with E-state index in [-0.39, 0.29) is 24.9 Å². The Morgan fingerprint density at radius 3 is 1.25 bits per heavy atom. The molecule has 0 saturated carbocycles. The molecule has 0 aliphatic carbocycles. The Morgan fingerprint density at radius 1 is 0.441 bits per heavy atom. The number of nitrogens with one attached hydrogen (secondary N) is 1. The highest BCUT2D eigenvalue weighted by Crippen LogP contribution is 2.16. The standard InChI is InChI=1S/C62H105NO5/c1-4-7-10-13-16-19-22-25-27-29-30-32-34-37-40-43-46-49-52-55-62(67)68-58(53-50-47-44-41-38-36-33-31-28-26-23-20-17-14-11-8-5-2)56-61(66)63-59(57-64)60(65)54-51-48-45-42-39-35-24-21-18-15-12-9-6-3/h7,10,16-17,19-20,25-28,30,32-33,36-37,40-41,44,58-60,64-65H,4-6,8-9,11-15,18,21-24,29,31,34-35,38-39,42-43,45-57H2,1-3H3,(H,63,66)/b10-7-,19-16-,20-17-,27-25-,28-26-,32-30-,36-33-,40-37-,44-41-. The maximum absolute atomic E-state index is 13.3. The monoisotopic (exact) mass is 944 g/mol. The van der Waals surface area contributed by atoms with Crippen molar-refractivity contribution in [3.8, 4) is 0 Å². The number of hydrogen-bond acceptors (Lipinski definition) is 5. The zero-order valence-electron chi connectivity index (χ0n) is 44.2. The summed E-state index contributed by atoms with van der Waals surface area (Å²) in [5.74, 6) is -0.572. The van der Waals surface area contributed by atoms with Crippen molar-refractivity contribution in [1.82, 2.24) is 5.32 Å². The molecule has 6 heteroatoms. The van der Waals surface area contributed by atoms with Crippen LogP contribution in [-0.4, -0.2) is 46.9 Å². The summed E-state index contributed by atoms with van der Waals surface area (Å²) in [7, 11) is 0. The van der Waals surface area contributed by atoms with Crippen molar-refractivity contribution in [2.45, 2.75) is 264 Å². The van der Waals surface area contributed by atoms with Crippen LogP contribution < -0.4 is 5.32 Å². The summed E-state index contributed by atoms with van der Waals surface area (Å²) < 4.78 is 5.91. The molecule has 0 aromatic carbocycles. The van der Waals surface area contributed by atoms with E-state index in [0.717, 1.165) is 109 Å². The smallest absolute Gasteiger partial charge is 0.306 e. The second-order valence-corrected chi connectivity index (χ2v) is 18.6. The molecule has 3 atom stereocenters. The highest BCUT2D eigenvalue weighted by atomic mass is 16.5. The molecule has 0 aromatic heterocycles. The summed E-state index contributed by atoms with van der Waals surface area (Å²) in [6.45, 7) is 6.32. The van der Waals surface area contributed by atoms with Gasteiger partial charge in [0.15, 0.2) is 0 Å². The Morgan fingerprint density at radius 2 is 0.809 bits per heavy atom. The summed E-state index contributed by atoms with van der Waals surface area (Å²) in [5, 5.41) is 23.8. The van der Waals surface area contributed by atoms with Crippen LogP contribution in [-0.2, 0) is 14.3 Å². The second-order valence-electron chi connectivity index (χ2n) is 18.6. The predicted octanol–water partition coefficient (Wildman–Crippen LogP) is 17.5. The predicted molar refractivity (Wildman–Crippen MR) is 296 cm³/mol. The molecule has 388 valence electrons. The minimum Gasteiger partial charge on any atom is -0.462 e. The molecule has 0 aliphatic rings. The van der Waals surface area contributed by atoms with Crippen molar-refractivity contribution < 1.29 is 24.5 Å². The Kier molecular flexibility index (Phi) is 51.7. The third-order valence-corrected chi connectivity index (χ3v) is 12.1. The van der Waals surface area contributed by atoms with Gasteiger partial charge in [0.05, 0.1) is 25.2 Å². The highest BCUT2D eigenvalue weighted by molar-refractivity contribution is 5.77. The number of ether oxygens (including phenoxy) is 1. The third-order valence-electron chi connectivity index (χ3n) is 12.1. The van der Waals surface area contributed by atoms with Gasteiger partial charge in [0.1, 0.15) is 6.10 Å². The summed E-state index contributed by atoms with van der Waals surface area (Å²) >= 11 is 0. The lowest BCUT2D eigenvalue weighted by molar-refractivity contribution is -0.151. The first-order chi connectivity index (χ1) is 33.5. The Hall–Kier alpha value is -3.48. The Balaban J connectivity index is 4.76. The van der Waals surface area contributed by atoms with Crippen LogP contribution in [0.2, 0.25) is 0 Å². The average Bonchev–Trinajstić information content (AvgIpc) is 3.33. The summed E-state index contributed by atoms with van der Waals surface area (Å²) in [4.78, 5) is 26.2. The number of allylic oxidation sites excluding steroid dienone is 18. The number of hydrogen-bond donors (Lipinski definition) is 3. The number of rotatable bonds is 49. The molecule has 0 heterocycles. The van der Waals surface area contributed by atoms with Gasteiger partial charge in [-0.2, -0.15) is 0 Å². The van der Waals surface area contributed by atoms with Gasteiger partial charge >= 0.3 is 5.97 Å². The number of aliphatic hydroxyl groups is 2. The Bertz CT molecular complexity index is 1380. The lowest BCUT2D eigenvalue weighted by Gasteiger charge is -2.24. The molecule has 3 N–H and O–H groups in total. The minimum absolute atomic E-state index is 0.0202. The van der Waals surface area contributed by atoms with E-state index in [1.807, 2.05) is 0 Å². The number of carbonyl (C=O) groups excluding carboxylic acids is 2. The van der Waals surface area contributed by atoms with Gasteiger partial charge in [-0.3, -0.25) is 9.59 Å². The molecule has 0 aliphatic heterocycles. The maximum Gasteiger partial charge on any atom is 0.306 e. The molecule has 3 unspecified atom stereocenters. The maximum atomic E-state index is 13.3. The molecule has 6 nitrogen and oxygen atoms in total. The third kappa shape index (κ3) is 49.0. The van der Waals surface area contributed by atoms with Crippen LogP contribution in [0.3, 0.4) is 0 Å². The van der Waals surface area contributed by atoms with Crippen molar-refractivity contribution in [1.29, 1.82) is 0 Å². The van der Waals surface area contributed by atoms with Crippen molar-refractivity contribution in [2.75, 3.05) is 6.61 Å². The topological polar surface area (TPSA) is 95.9 Å². The SMILES string of the molecule is CC/C=C\C/C=C\C/C=C\C/C=C\C/C=C\CCCCCC(=O)OC(CCC/C=C\C/C=C\C/C=C\C/C=C\CCCCC)CC(=O)NC(CO)C(O)CCCCCCCCCCCCCCC. The van der Waals surface area contributed by atoms with Crippen LogP contribution in [0, 0.1) is 0 Å². The summed E-state index contributed by atoms with van der Waals surface area (Å²) in [6.07, 6.45) is 74.3. The van der Waals surface area contributed by atoms with Crippen LogP contribution in [0.4, 0.5) is 0 Å². The molecule has 68 heavy (non-hydrogen) atoms. The lowest BCUT2D eigenvalue weighted by Crippen LogP contribution is -2.46. The van der Waals surface area contributed by atoms with Crippen molar-refractivity contribution in [3.05, 3.63) is 109 Å². The van der Waals surface area contributed by atoms with Crippen LogP contribution in [0.5, 0.6) is 0 Å². The van der Waals surface area contributed by atoms with Crippen molar-refractivity contribution in [3.63, 3.8) is 0 Å². The molecule has 0 spiro atoms. The largest absolute Gasteiger partial charge is 0.462 e. The van der Waals surface area contributed by atoms with E-state index in [1.165, 1.54) is 89.9 Å². The van der Waals surface area contributed by atoms with E-state index in [9.17, 15) is 19.8 Å². The number of aliphatic hydroxyl groups excluding tert-OH is 2. The Labute approximate surface area is 419 Å². The number of amides is 1. The first-order valence-corrected chi connectivity index (χ1v) is 28.1. The van der Waals surface area contributed by atoms with E-state index in [0.29, 0.717) is 19.3 Å². The second kappa shape index (κ2) is 54.5. The normalized spacial score (nSPS) is 14.0. The quantitative estimate of drug-likeness (QED) is 0.0321. The fourth-order valence-electron chi connectivity index (χ4n) is 7.86. The van der Waals surface area contributed by atoms with Crippen molar-refractivity contribution in [2.24, 2.45) is 0 Å². The van der Waals surface area contributed by atoms with Crippen LogP contribution in [0.25, 0.3) is 0 Å². The van der Waals surface area contributed by atoms with Gasteiger partial charge in [0, 0.05) is 6.42 Å². The summed E-state index contributed by atoms with van der Waals surface area (Å²) in [5.41, 5.74) is 0. The lowest BCUT2D eigenvalue weighted by atomic mass is 10.0. The molecule has 0 radical (unpaired) electrons. The fraction of sp³-hybridized carbons (Fsp3) is 0.677. The molecule has 0 aromatic rings. The van der Waals surface area contributed by atoms with Gasteiger partial charge < -0.3 is 20.3 Å². The minimum atomic E-state index is -0.815. The van der Waals surface area contributed by atoms with E-state index < -0.39 is 18.2 Å². The van der Waals surface area contributed by atoms with E-state index in [1.54, 1.807) is 0 Å². The number of unbranched alkanes of at least 4 members (excludes halogenated alkanes) is 19. The van der Waals surface area contributed by atoms with E-state index in [2.05, 4.69) is 135 Å². The molecular formula is C62H105NO5. The van der Waals surface area contributed by atoms with E-state index in [4.69, 9.17) is 4.74 Å². The van der Waals surface area contributed by atoms with Crippen LogP contribution in [0.15, 0.2) is 109 Å². The van der Waals surface area contributed by atoms with Gasteiger partial charge in [-0.15, -0.1) is 0 Å². The molecule has 0 fully saturated rings. The number of esters is 1. The van der Waals surface area contributed by atoms with Gasteiger partial charge in [-0.1, -0.05) is 233 Å². The molecular weight excluding hydrogens is 839 g/mol. The zero-order valence-corrected chi connectivity index (χ0v) is 44.2. The average molecular weight is 945 g/mol. The van der Waals surface area contributed by atoms with Crippen LogP contribution >= 0.6 is 0 Å². The molecule has 0 saturated heterocycles. The first-order valence-electron chi connectivity index (χ1n) is 28.1. The van der Waals surface area contributed by atoms with Gasteiger partial charge in [-0.05, 0) is 109 Å².